The standard InChI is InChI=1S/C19H23N3O2/c1-15-13-16(6-7-17(15)24-2)14-19(23)22-11-9-21(10-12-22)18-5-3-4-8-20-18/h3-8,13H,9-12,14H2,1-2H3. The Labute approximate surface area is 142 Å². The van der Waals surface area contributed by atoms with E-state index in [9.17, 15) is 4.79 Å². The summed E-state index contributed by atoms with van der Waals surface area (Å²) in [7, 11) is 1.66. The maximum atomic E-state index is 12.5. The van der Waals surface area contributed by atoms with Crippen LogP contribution in [0.15, 0.2) is 42.6 Å². The van der Waals surface area contributed by atoms with Crippen molar-refractivity contribution in [3.05, 3.63) is 53.7 Å². The molecule has 126 valence electrons. The predicted molar refractivity (Wildman–Crippen MR) is 94.5 cm³/mol. The Hall–Kier alpha value is -2.56. The highest BCUT2D eigenvalue weighted by Gasteiger charge is 2.21. The second-order valence-electron chi connectivity index (χ2n) is 6.04. The number of ether oxygens (including phenoxy) is 1. The number of methoxy groups -OCH3 is 1. The van der Waals surface area contributed by atoms with Crippen molar-refractivity contribution in [3.8, 4) is 5.75 Å². The van der Waals surface area contributed by atoms with Crippen LogP contribution in [0.25, 0.3) is 0 Å². The van der Waals surface area contributed by atoms with Crippen LogP contribution in [0, 0.1) is 6.92 Å². The van der Waals surface area contributed by atoms with Gasteiger partial charge < -0.3 is 14.5 Å². The SMILES string of the molecule is COc1ccc(CC(=O)N2CCN(c3ccccn3)CC2)cc1C. The fourth-order valence-electron chi connectivity index (χ4n) is 3.06. The average Bonchev–Trinajstić information content (AvgIpc) is 2.63. The van der Waals surface area contributed by atoms with E-state index in [1.807, 2.05) is 48.2 Å². The number of carbonyl (C=O) groups is 1. The molecule has 0 atom stereocenters. The van der Waals surface area contributed by atoms with E-state index in [0.29, 0.717) is 6.42 Å². The maximum Gasteiger partial charge on any atom is 0.227 e. The zero-order valence-electron chi connectivity index (χ0n) is 14.2. The van der Waals surface area contributed by atoms with Gasteiger partial charge in [0.2, 0.25) is 5.91 Å². The molecule has 2 heterocycles. The number of pyridine rings is 1. The molecule has 1 aromatic heterocycles. The molecule has 0 saturated carbocycles. The van der Waals surface area contributed by atoms with E-state index in [1.165, 1.54) is 0 Å². The number of amides is 1. The summed E-state index contributed by atoms with van der Waals surface area (Å²) in [4.78, 5) is 21.1. The van der Waals surface area contributed by atoms with Crippen molar-refractivity contribution >= 4 is 11.7 Å². The van der Waals surface area contributed by atoms with Gasteiger partial charge in [0, 0.05) is 32.4 Å². The zero-order valence-corrected chi connectivity index (χ0v) is 14.2. The van der Waals surface area contributed by atoms with Crippen LogP contribution in [-0.2, 0) is 11.2 Å². The smallest absolute Gasteiger partial charge is 0.227 e. The normalized spacial score (nSPS) is 14.6. The molecule has 0 N–H and O–H groups in total. The summed E-state index contributed by atoms with van der Waals surface area (Å²) < 4.78 is 5.27. The van der Waals surface area contributed by atoms with Crippen molar-refractivity contribution in [2.24, 2.45) is 0 Å². The highest BCUT2D eigenvalue weighted by molar-refractivity contribution is 5.79. The number of nitrogens with zero attached hydrogens (tertiary/aromatic N) is 3. The number of hydrogen-bond acceptors (Lipinski definition) is 4. The molecular weight excluding hydrogens is 302 g/mol. The lowest BCUT2D eigenvalue weighted by molar-refractivity contribution is -0.130. The predicted octanol–water partition coefficient (Wildman–Crippen LogP) is 2.29. The molecule has 0 bridgehead atoms. The Morgan fingerprint density at radius 3 is 2.58 bits per heavy atom. The van der Waals surface area contributed by atoms with Gasteiger partial charge in [0.25, 0.3) is 0 Å². The van der Waals surface area contributed by atoms with Gasteiger partial charge in [-0.15, -0.1) is 0 Å². The molecule has 0 unspecified atom stereocenters. The van der Waals surface area contributed by atoms with E-state index < -0.39 is 0 Å². The molecular formula is C19H23N3O2. The summed E-state index contributed by atoms with van der Waals surface area (Å²) >= 11 is 0. The van der Waals surface area contributed by atoms with E-state index in [4.69, 9.17) is 4.74 Å². The largest absolute Gasteiger partial charge is 0.496 e. The molecule has 1 fully saturated rings. The molecule has 2 aromatic rings. The molecule has 0 aliphatic carbocycles. The number of hydrogen-bond donors (Lipinski definition) is 0. The summed E-state index contributed by atoms with van der Waals surface area (Å²) in [6.45, 7) is 5.13. The summed E-state index contributed by atoms with van der Waals surface area (Å²) in [6.07, 6.45) is 2.24. The van der Waals surface area contributed by atoms with E-state index in [-0.39, 0.29) is 5.91 Å². The van der Waals surface area contributed by atoms with Crippen molar-refractivity contribution in [3.63, 3.8) is 0 Å². The van der Waals surface area contributed by atoms with Gasteiger partial charge in [-0.1, -0.05) is 18.2 Å². The maximum absolute atomic E-state index is 12.5. The lowest BCUT2D eigenvalue weighted by atomic mass is 10.1. The first-order valence-electron chi connectivity index (χ1n) is 8.24. The number of aromatic nitrogens is 1. The number of carbonyl (C=O) groups excluding carboxylic acids is 1. The number of piperazine rings is 1. The van der Waals surface area contributed by atoms with Gasteiger partial charge in [-0.3, -0.25) is 4.79 Å². The summed E-state index contributed by atoms with van der Waals surface area (Å²) in [6, 6.07) is 11.8. The number of rotatable bonds is 4. The van der Waals surface area contributed by atoms with E-state index >= 15 is 0 Å². The van der Waals surface area contributed by atoms with Crippen molar-refractivity contribution < 1.29 is 9.53 Å². The lowest BCUT2D eigenvalue weighted by Gasteiger charge is -2.35. The van der Waals surface area contributed by atoms with E-state index in [2.05, 4.69) is 9.88 Å². The molecule has 24 heavy (non-hydrogen) atoms. The monoisotopic (exact) mass is 325 g/mol. The molecule has 1 aromatic carbocycles. The van der Waals surface area contributed by atoms with Crippen LogP contribution < -0.4 is 9.64 Å². The molecule has 1 saturated heterocycles. The quantitative estimate of drug-likeness (QED) is 0.865. The van der Waals surface area contributed by atoms with Gasteiger partial charge in [-0.05, 0) is 36.2 Å². The Morgan fingerprint density at radius 1 is 1.17 bits per heavy atom. The first kappa shape index (κ1) is 16.3. The van der Waals surface area contributed by atoms with Crippen molar-refractivity contribution in [1.82, 2.24) is 9.88 Å². The van der Waals surface area contributed by atoms with Crippen LogP contribution in [0.4, 0.5) is 5.82 Å². The summed E-state index contributed by atoms with van der Waals surface area (Å²) in [5.41, 5.74) is 2.09. The van der Waals surface area contributed by atoms with Crippen LogP contribution in [0.5, 0.6) is 5.75 Å². The van der Waals surface area contributed by atoms with Crippen LogP contribution in [-0.4, -0.2) is 49.1 Å². The Balaban J connectivity index is 1.56. The van der Waals surface area contributed by atoms with Crippen molar-refractivity contribution in [1.29, 1.82) is 0 Å². The van der Waals surface area contributed by atoms with Crippen molar-refractivity contribution in [2.45, 2.75) is 13.3 Å². The fourth-order valence-corrected chi connectivity index (χ4v) is 3.06. The molecule has 3 rings (SSSR count). The van der Waals surface area contributed by atoms with Gasteiger partial charge in [0.05, 0.1) is 13.5 Å². The molecule has 5 nitrogen and oxygen atoms in total. The van der Waals surface area contributed by atoms with Crippen LogP contribution in [0.1, 0.15) is 11.1 Å². The third kappa shape index (κ3) is 3.67. The zero-order chi connectivity index (χ0) is 16.9. The van der Waals surface area contributed by atoms with Crippen LogP contribution in [0.3, 0.4) is 0 Å². The number of aryl methyl sites for hydroxylation is 1. The van der Waals surface area contributed by atoms with Gasteiger partial charge in [-0.25, -0.2) is 4.98 Å². The second kappa shape index (κ2) is 7.34. The Morgan fingerprint density at radius 2 is 1.96 bits per heavy atom. The minimum Gasteiger partial charge on any atom is -0.496 e. The minimum atomic E-state index is 0.181. The van der Waals surface area contributed by atoms with Gasteiger partial charge >= 0.3 is 0 Å². The lowest BCUT2D eigenvalue weighted by Crippen LogP contribution is -2.49. The minimum absolute atomic E-state index is 0.181. The molecule has 1 amide bonds. The Kier molecular flexibility index (Phi) is 4.99. The van der Waals surface area contributed by atoms with Gasteiger partial charge in [0.15, 0.2) is 0 Å². The molecule has 0 radical (unpaired) electrons. The number of anilines is 1. The first-order valence-corrected chi connectivity index (χ1v) is 8.24. The first-order chi connectivity index (χ1) is 11.7. The second-order valence-corrected chi connectivity index (χ2v) is 6.04. The van der Waals surface area contributed by atoms with Crippen LogP contribution in [0.2, 0.25) is 0 Å². The highest BCUT2D eigenvalue weighted by atomic mass is 16.5. The third-order valence-corrected chi connectivity index (χ3v) is 4.42. The van der Waals surface area contributed by atoms with Crippen molar-refractivity contribution in [2.75, 3.05) is 38.2 Å². The topological polar surface area (TPSA) is 45.7 Å². The fraction of sp³-hybridized carbons (Fsp3) is 0.368. The Bertz CT molecular complexity index is 695. The van der Waals surface area contributed by atoms with E-state index in [1.54, 1.807) is 13.3 Å². The summed E-state index contributed by atoms with van der Waals surface area (Å²) in [5.74, 6) is 2.02. The molecule has 1 aliphatic rings. The van der Waals surface area contributed by atoms with Crippen LogP contribution >= 0.6 is 0 Å². The molecule has 5 heteroatoms. The average molecular weight is 325 g/mol. The number of benzene rings is 1. The molecule has 0 spiro atoms. The third-order valence-electron chi connectivity index (χ3n) is 4.42. The van der Waals surface area contributed by atoms with Gasteiger partial charge in [0.1, 0.15) is 11.6 Å². The van der Waals surface area contributed by atoms with Gasteiger partial charge in [-0.2, -0.15) is 0 Å². The highest BCUT2D eigenvalue weighted by Crippen LogP contribution is 2.19. The van der Waals surface area contributed by atoms with E-state index in [0.717, 1.165) is 48.9 Å². The molecule has 1 aliphatic heterocycles. The summed E-state index contributed by atoms with van der Waals surface area (Å²) in [5, 5.41) is 0.